The van der Waals surface area contributed by atoms with Crippen molar-refractivity contribution in [2.75, 3.05) is 28.7 Å². The van der Waals surface area contributed by atoms with Crippen LogP contribution in [0.4, 0.5) is 22.7 Å². The molecule has 0 aromatic heterocycles. The first kappa shape index (κ1) is 28.1. The van der Waals surface area contributed by atoms with Crippen LogP contribution in [0.3, 0.4) is 0 Å². The van der Waals surface area contributed by atoms with Crippen molar-refractivity contribution in [2.24, 2.45) is 5.10 Å². The highest BCUT2D eigenvalue weighted by atomic mass is 32.2. The number of hydrogen-bond acceptors (Lipinski definition) is 8. The Morgan fingerprint density at radius 3 is 2.30 bits per heavy atom. The summed E-state index contributed by atoms with van der Waals surface area (Å²) in [5.74, 6) is 0.557. The third kappa shape index (κ3) is 7.14. The summed E-state index contributed by atoms with van der Waals surface area (Å²) in [4.78, 5) is 12.6. The SMILES string of the molecule is CCN(Cc1ccccc1)c1ccc(/C=N\Nc2ccc([N+](=O)[O-])cc2S(=O)(=O)Nc2ccc(OC)cc2)cc1. The van der Waals surface area contributed by atoms with Crippen molar-refractivity contribution in [3.8, 4) is 5.75 Å². The fourth-order valence-electron chi connectivity index (χ4n) is 3.95. The summed E-state index contributed by atoms with van der Waals surface area (Å²) < 4.78 is 33.9. The van der Waals surface area contributed by atoms with Crippen molar-refractivity contribution in [3.05, 3.63) is 118 Å². The van der Waals surface area contributed by atoms with Crippen LogP contribution in [0.1, 0.15) is 18.1 Å². The summed E-state index contributed by atoms with van der Waals surface area (Å²) in [6.45, 7) is 3.72. The Hall–Kier alpha value is -4.90. The third-order valence-corrected chi connectivity index (χ3v) is 7.48. The lowest BCUT2D eigenvalue weighted by atomic mass is 10.1. The van der Waals surface area contributed by atoms with Gasteiger partial charge in [0.25, 0.3) is 15.7 Å². The molecule has 2 N–H and O–H groups in total. The number of nitrogens with zero attached hydrogens (tertiary/aromatic N) is 3. The molecule has 0 fully saturated rings. The number of hydrazone groups is 1. The quantitative estimate of drug-likeness (QED) is 0.126. The number of nitro groups is 1. The lowest BCUT2D eigenvalue weighted by molar-refractivity contribution is -0.385. The van der Waals surface area contributed by atoms with Crippen molar-refractivity contribution in [3.63, 3.8) is 0 Å². The van der Waals surface area contributed by atoms with Gasteiger partial charge in [-0.2, -0.15) is 5.10 Å². The van der Waals surface area contributed by atoms with Gasteiger partial charge in [-0.1, -0.05) is 42.5 Å². The molecule has 0 aliphatic carbocycles. The molecule has 0 heterocycles. The maximum atomic E-state index is 13.2. The second-order valence-electron chi connectivity index (χ2n) is 8.73. The highest BCUT2D eigenvalue weighted by Gasteiger charge is 2.23. The average molecular weight is 560 g/mol. The standard InChI is InChI=1S/C29H29N5O5S/c1-3-33(21-23-7-5-4-6-8-23)25-13-9-22(10-14-25)20-30-31-28-18-15-26(34(35)36)19-29(28)40(37,38)32-24-11-16-27(39-2)17-12-24/h4-20,31-32H,3,21H2,1-2H3/b30-20-. The van der Waals surface area contributed by atoms with E-state index >= 15 is 0 Å². The van der Waals surface area contributed by atoms with E-state index in [4.69, 9.17) is 4.74 Å². The van der Waals surface area contributed by atoms with Gasteiger partial charge in [0, 0.05) is 36.6 Å². The minimum atomic E-state index is -4.20. The molecule has 0 bridgehead atoms. The molecule has 0 aliphatic rings. The van der Waals surface area contributed by atoms with E-state index in [0.717, 1.165) is 30.4 Å². The van der Waals surface area contributed by atoms with Gasteiger partial charge in [0.2, 0.25) is 0 Å². The van der Waals surface area contributed by atoms with Gasteiger partial charge in [0.1, 0.15) is 10.6 Å². The Bertz CT molecular complexity index is 1580. The molecule has 4 aromatic carbocycles. The number of benzene rings is 4. The molecule has 4 aromatic rings. The first-order chi connectivity index (χ1) is 19.3. The van der Waals surface area contributed by atoms with Crippen LogP contribution in [0.15, 0.2) is 107 Å². The van der Waals surface area contributed by atoms with Crippen LogP contribution in [-0.4, -0.2) is 33.2 Å². The number of hydrogen-bond donors (Lipinski definition) is 2. The summed E-state index contributed by atoms with van der Waals surface area (Å²) >= 11 is 0. The van der Waals surface area contributed by atoms with E-state index in [2.05, 4.69) is 39.2 Å². The number of nitrogens with one attached hydrogen (secondary N) is 2. The monoisotopic (exact) mass is 559 g/mol. The molecule has 40 heavy (non-hydrogen) atoms. The molecule has 0 aliphatic heterocycles. The molecule has 10 nitrogen and oxygen atoms in total. The largest absolute Gasteiger partial charge is 0.497 e. The second-order valence-corrected chi connectivity index (χ2v) is 10.4. The smallest absolute Gasteiger partial charge is 0.270 e. The second kappa shape index (κ2) is 12.8. The van der Waals surface area contributed by atoms with Crippen LogP contribution in [0.25, 0.3) is 0 Å². The van der Waals surface area contributed by atoms with Gasteiger partial charge in [0.05, 0.1) is 23.9 Å². The number of non-ortho nitro benzene ring substituents is 1. The van der Waals surface area contributed by atoms with E-state index in [0.29, 0.717) is 5.75 Å². The molecule has 0 unspecified atom stereocenters. The van der Waals surface area contributed by atoms with Gasteiger partial charge >= 0.3 is 0 Å². The van der Waals surface area contributed by atoms with Crippen molar-refractivity contribution >= 4 is 39.0 Å². The number of anilines is 3. The number of sulfonamides is 1. The van der Waals surface area contributed by atoms with Gasteiger partial charge in [-0.25, -0.2) is 8.42 Å². The number of methoxy groups -OCH3 is 1. The molecule has 11 heteroatoms. The predicted molar refractivity (Wildman–Crippen MR) is 158 cm³/mol. The van der Waals surface area contributed by atoms with Crippen LogP contribution < -0.4 is 19.8 Å². The summed E-state index contributed by atoms with van der Waals surface area (Å²) in [7, 11) is -2.69. The van der Waals surface area contributed by atoms with Gasteiger partial charge in [-0.05, 0) is 60.5 Å². The minimum absolute atomic E-state index is 0.0829. The summed E-state index contributed by atoms with van der Waals surface area (Å²) in [5.41, 5.74) is 5.77. The van der Waals surface area contributed by atoms with E-state index in [9.17, 15) is 18.5 Å². The Morgan fingerprint density at radius 2 is 1.68 bits per heavy atom. The maximum absolute atomic E-state index is 13.2. The van der Waals surface area contributed by atoms with Gasteiger partial charge in [-0.3, -0.25) is 20.3 Å². The lowest BCUT2D eigenvalue weighted by Crippen LogP contribution is -2.21. The van der Waals surface area contributed by atoms with Crippen molar-refractivity contribution in [1.29, 1.82) is 0 Å². The number of rotatable bonds is 12. The Balaban J connectivity index is 1.51. The summed E-state index contributed by atoms with van der Waals surface area (Å²) in [6, 6.07) is 27.8. The summed E-state index contributed by atoms with van der Waals surface area (Å²) in [6.07, 6.45) is 1.55. The number of ether oxygens (including phenoxy) is 1. The van der Waals surface area contributed by atoms with Crippen molar-refractivity contribution in [1.82, 2.24) is 0 Å². The molecular formula is C29H29N5O5S. The van der Waals surface area contributed by atoms with Gasteiger partial charge in [-0.15, -0.1) is 0 Å². The zero-order valence-electron chi connectivity index (χ0n) is 22.0. The maximum Gasteiger partial charge on any atom is 0.270 e. The molecule has 0 saturated heterocycles. The molecule has 4 rings (SSSR count). The van der Waals surface area contributed by atoms with E-state index < -0.39 is 14.9 Å². The van der Waals surface area contributed by atoms with Crippen LogP contribution in [0, 0.1) is 10.1 Å². The first-order valence-corrected chi connectivity index (χ1v) is 13.9. The predicted octanol–water partition coefficient (Wildman–Crippen LogP) is 5.88. The fourth-order valence-corrected chi connectivity index (χ4v) is 5.18. The van der Waals surface area contributed by atoms with Gasteiger partial charge in [0.15, 0.2) is 0 Å². The normalized spacial score (nSPS) is 11.2. The fraction of sp³-hybridized carbons (Fsp3) is 0.138. The molecular weight excluding hydrogens is 530 g/mol. The zero-order valence-corrected chi connectivity index (χ0v) is 22.8. The zero-order chi connectivity index (χ0) is 28.5. The molecule has 0 amide bonds. The molecule has 0 atom stereocenters. The highest BCUT2D eigenvalue weighted by molar-refractivity contribution is 7.92. The van der Waals surface area contributed by atoms with Crippen LogP contribution in [-0.2, 0) is 16.6 Å². The molecule has 0 saturated carbocycles. The topological polar surface area (TPSA) is 126 Å². The molecule has 0 radical (unpaired) electrons. The third-order valence-electron chi connectivity index (χ3n) is 6.06. The lowest BCUT2D eigenvalue weighted by Gasteiger charge is -2.23. The van der Waals surface area contributed by atoms with Crippen LogP contribution in [0.5, 0.6) is 5.75 Å². The Morgan fingerprint density at radius 1 is 0.975 bits per heavy atom. The van der Waals surface area contributed by atoms with Crippen LogP contribution in [0.2, 0.25) is 0 Å². The Labute approximate surface area is 233 Å². The van der Waals surface area contributed by atoms with E-state index in [-0.39, 0.29) is 22.0 Å². The summed E-state index contributed by atoms with van der Waals surface area (Å²) in [5, 5.41) is 15.5. The van der Waals surface area contributed by atoms with Crippen molar-refractivity contribution < 1.29 is 18.1 Å². The van der Waals surface area contributed by atoms with E-state index in [1.807, 2.05) is 42.5 Å². The first-order valence-electron chi connectivity index (χ1n) is 12.4. The van der Waals surface area contributed by atoms with E-state index in [1.165, 1.54) is 36.9 Å². The molecule has 0 spiro atoms. The van der Waals surface area contributed by atoms with Crippen LogP contribution >= 0.6 is 0 Å². The molecule has 206 valence electrons. The van der Waals surface area contributed by atoms with Crippen molar-refractivity contribution in [2.45, 2.75) is 18.4 Å². The van der Waals surface area contributed by atoms with Gasteiger partial charge < -0.3 is 9.64 Å². The number of nitro benzene ring substituents is 1. The van der Waals surface area contributed by atoms with E-state index in [1.54, 1.807) is 18.3 Å². The minimum Gasteiger partial charge on any atom is -0.497 e. The Kier molecular flexibility index (Phi) is 8.97. The average Bonchev–Trinajstić information content (AvgIpc) is 2.97. The highest BCUT2D eigenvalue weighted by Crippen LogP contribution is 2.29.